The van der Waals surface area contributed by atoms with Crippen molar-refractivity contribution in [3.63, 3.8) is 0 Å². The van der Waals surface area contributed by atoms with Gasteiger partial charge in [0.25, 0.3) is 0 Å². The van der Waals surface area contributed by atoms with E-state index in [2.05, 4.69) is 33.4 Å². The number of hydrogen-bond donors (Lipinski definition) is 1. The van der Waals surface area contributed by atoms with E-state index in [1.807, 2.05) is 24.5 Å². The van der Waals surface area contributed by atoms with Crippen LogP contribution in [0.25, 0.3) is 0 Å². The van der Waals surface area contributed by atoms with Crippen LogP contribution in [0, 0.1) is 0 Å². The highest BCUT2D eigenvalue weighted by molar-refractivity contribution is 5.48. The van der Waals surface area contributed by atoms with Gasteiger partial charge in [-0.2, -0.15) is 0 Å². The SMILES string of the molecule is c1cc(CN2CCNCC2c2ccncc2)c2c(c1)OCO2. The Morgan fingerprint density at radius 1 is 1.18 bits per heavy atom. The summed E-state index contributed by atoms with van der Waals surface area (Å²) in [5.41, 5.74) is 2.49. The lowest BCUT2D eigenvalue weighted by molar-refractivity contribution is 0.148. The molecule has 0 saturated carbocycles. The number of fused-ring (bicyclic) bond motifs is 1. The number of para-hydroxylation sites is 1. The van der Waals surface area contributed by atoms with E-state index in [-0.39, 0.29) is 0 Å². The maximum Gasteiger partial charge on any atom is 0.231 e. The zero-order valence-corrected chi connectivity index (χ0v) is 12.4. The third-order valence-corrected chi connectivity index (χ3v) is 4.30. The normalized spacial score (nSPS) is 21.0. The van der Waals surface area contributed by atoms with Crippen molar-refractivity contribution in [3.05, 3.63) is 53.9 Å². The molecule has 2 aromatic rings. The van der Waals surface area contributed by atoms with Crippen LogP contribution in [0.3, 0.4) is 0 Å². The molecule has 5 heteroatoms. The van der Waals surface area contributed by atoms with E-state index in [1.165, 1.54) is 11.1 Å². The molecule has 0 bridgehead atoms. The lowest BCUT2D eigenvalue weighted by Gasteiger charge is -2.36. The highest BCUT2D eigenvalue weighted by Gasteiger charge is 2.26. The number of hydrogen-bond acceptors (Lipinski definition) is 5. The minimum absolute atomic E-state index is 0.321. The molecule has 1 N–H and O–H groups in total. The quantitative estimate of drug-likeness (QED) is 0.938. The van der Waals surface area contributed by atoms with Gasteiger partial charge in [0, 0.05) is 50.2 Å². The van der Waals surface area contributed by atoms with E-state index in [9.17, 15) is 0 Å². The van der Waals surface area contributed by atoms with Crippen molar-refractivity contribution >= 4 is 0 Å². The first-order chi connectivity index (χ1) is 10.9. The standard InChI is InChI=1S/C17H19N3O2/c1-2-14(17-16(3-1)21-12-22-17)11-20-9-8-19-10-15(20)13-4-6-18-7-5-13/h1-7,15,19H,8-12H2. The molecule has 1 aromatic carbocycles. The molecule has 22 heavy (non-hydrogen) atoms. The molecular weight excluding hydrogens is 278 g/mol. The molecule has 4 rings (SSSR count). The van der Waals surface area contributed by atoms with Crippen molar-refractivity contribution in [2.75, 3.05) is 26.4 Å². The minimum Gasteiger partial charge on any atom is -0.454 e. The topological polar surface area (TPSA) is 46.6 Å². The number of pyridine rings is 1. The molecule has 2 aliphatic rings. The maximum atomic E-state index is 5.64. The van der Waals surface area contributed by atoms with Crippen molar-refractivity contribution in [3.8, 4) is 11.5 Å². The first-order valence-electron chi connectivity index (χ1n) is 7.64. The lowest BCUT2D eigenvalue weighted by atomic mass is 10.0. The largest absolute Gasteiger partial charge is 0.454 e. The predicted octanol–water partition coefficient (Wildman–Crippen LogP) is 1.96. The Kier molecular flexibility index (Phi) is 3.66. The monoisotopic (exact) mass is 297 g/mol. The summed E-state index contributed by atoms with van der Waals surface area (Å²) in [6.45, 7) is 4.16. The molecule has 1 fully saturated rings. The second-order valence-electron chi connectivity index (χ2n) is 5.62. The lowest BCUT2D eigenvalue weighted by Crippen LogP contribution is -2.45. The van der Waals surface area contributed by atoms with E-state index in [0.717, 1.165) is 37.7 Å². The third kappa shape index (κ3) is 2.53. The average Bonchev–Trinajstić information content (AvgIpc) is 3.06. The van der Waals surface area contributed by atoms with Gasteiger partial charge in [0.2, 0.25) is 6.79 Å². The van der Waals surface area contributed by atoms with Crippen LogP contribution >= 0.6 is 0 Å². The molecule has 0 amide bonds. The summed E-state index contributed by atoms with van der Waals surface area (Å²) >= 11 is 0. The molecule has 3 heterocycles. The minimum atomic E-state index is 0.321. The summed E-state index contributed by atoms with van der Waals surface area (Å²) in [7, 11) is 0. The van der Waals surface area contributed by atoms with Gasteiger partial charge in [-0.25, -0.2) is 0 Å². The van der Waals surface area contributed by atoms with Crippen LogP contribution in [0.2, 0.25) is 0 Å². The van der Waals surface area contributed by atoms with Crippen molar-refractivity contribution in [2.24, 2.45) is 0 Å². The Labute approximate surface area is 129 Å². The molecule has 0 aliphatic carbocycles. The van der Waals surface area contributed by atoms with E-state index in [1.54, 1.807) is 0 Å². The number of rotatable bonds is 3. The van der Waals surface area contributed by atoms with Crippen LogP contribution in [0.5, 0.6) is 11.5 Å². The maximum absolute atomic E-state index is 5.64. The summed E-state index contributed by atoms with van der Waals surface area (Å²) in [6, 6.07) is 10.7. The highest BCUT2D eigenvalue weighted by Crippen LogP contribution is 2.37. The van der Waals surface area contributed by atoms with Crippen molar-refractivity contribution in [1.82, 2.24) is 15.2 Å². The fourth-order valence-corrected chi connectivity index (χ4v) is 3.18. The summed E-state index contributed by atoms with van der Waals surface area (Å²) in [5, 5.41) is 3.48. The molecule has 0 spiro atoms. The molecule has 114 valence electrons. The summed E-state index contributed by atoms with van der Waals surface area (Å²) < 4.78 is 11.1. The van der Waals surface area contributed by atoms with Crippen LogP contribution < -0.4 is 14.8 Å². The van der Waals surface area contributed by atoms with Gasteiger partial charge >= 0.3 is 0 Å². The predicted molar refractivity (Wildman–Crippen MR) is 82.8 cm³/mol. The Bertz CT molecular complexity index is 648. The number of ether oxygens (including phenoxy) is 2. The zero-order valence-electron chi connectivity index (χ0n) is 12.4. The zero-order chi connectivity index (χ0) is 14.8. The van der Waals surface area contributed by atoms with Gasteiger partial charge in [-0.1, -0.05) is 12.1 Å². The molecular formula is C17H19N3O2. The summed E-state index contributed by atoms with van der Waals surface area (Å²) in [5.74, 6) is 1.75. The van der Waals surface area contributed by atoms with Gasteiger partial charge in [-0.05, 0) is 23.8 Å². The van der Waals surface area contributed by atoms with Crippen LogP contribution in [-0.2, 0) is 6.54 Å². The summed E-state index contributed by atoms with van der Waals surface area (Å²) in [6.07, 6.45) is 3.72. The van der Waals surface area contributed by atoms with E-state index in [0.29, 0.717) is 12.8 Å². The van der Waals surface area contributed by atoms with Gasteiger partial charge in [0.15, 0.2) is 11.5 Å². The van der Waals surface area contributed by atoms with Crippen LogP contribution in [-0.4, -0.2) is 36.3 Å². The first-order valence-corrected chi connectivity index (χ1v) is 7.64. The molecule has 1 atom stereocenters. The van der Waals surface area contributed by atoms with Crippen LogP contribution in [0.15, 0.2) is 42.7 Å². The van der Waals surface area contributed by atoms with Gasteiger partial charge in [-0.15, -0.1) is 0 Å². The number of piperazine rings is 1. The van der Waals surface area contributed by atoms with Gasteiger partial charge < -0.3 is 14.8 Å². The van der Waals surface area contributed by atoms with Crippen molar-refractivity contribution < 1.29 is 9.47 Å². The first kappa shape index (κ1) is 13.5. The second kappa shape index (κ2) is 5.94. The van der Waals surface area contributed by atoms with Gasteiger partial charge in [-0.3, -0.25) is 9.88 Å². The molecule has 1 saturated heterocycles. The molecule has 5 nitrogen and oxygen atoms in total. The number of benzene rings is 1. The van der Waals surface area contributed by atoms with Crippen LogP contribution in [0.1, 0.15) is 17.2 Å². The van der Waals surface area contributed by atoms with E-state index < -0.39 is 0 Å². The Balaban J connectivity index is 1.59. The molecule has 1 aromatic heterocycles. The van der Waals surface area contributed by atoms with Crippen LogP contribution in [0.4, 0.5) is 0 Å². The van der Waals surface area contributed by atoms with Gasteiger partial charge in [0.05, 0.1) is 0 Å². The fraction of sp³-hybridized carbons (Fsp3) is 0.353. The Morgan fingerprint density at radius 2 is 2.09 bits per heavy atom. The van der Waals surface area contributed by atoms with Crippen molar-refractivity contribution in [2.45, 2.75) is 12.6 Å². The smallest absolute Gasteiger partial charge is 0.231 e. The number of nitrogens with zero attached hydrogens (tertiary/aromatic N) is 2. The van der Waals surface area contributed by atoms with E-state index >= 15 is 0 Å². The van der Waals surface area contributed by atoms with Gasteiger partial charge in [0.1, 0.15) is 0 Å². The third-order valence-electron chi connectivity index (χ3n) is 4.30. The highest BCUT2D eigenvalue weighted by atomic mass is 16.7. The van der Waals surface area contributed by atoms with Crippen molar-refractivity contribution in [1.29, 1.82) is 0 Å². The van der Waals surface area contributed by atoms with E-state index in [4.69, 9.17) is 9.47 Å². The molecule has 1 unspecified atom stereocenters. The Hall–Kier alpha value is -2.11. The second-order valence-corrected chi connectivity index (χ2v) is 5.62. The number of nitrogens with one attached hydrogen (secondary N) is 1. The number of aromatic nitrogens is 1. The fourth-order valence-electron chi connectivity index (χ4n) is 3.18. The molecule has 2 aliphatic heterocycles. The average molecular weight is 297 g/mol. The Morgan fingerprint density at radius 3 is 3.00 bits per heavy atom. The molecule has 0 radical (unpaired) electrons. The summed E-state index contributed by atoms with van der Waals surface area (Å²) in [4.78, 5) is 6.61.